The Hall–Kier alpha value is -2.96. The molecule has 3 heterocycles. The fraction of sp³-hybridized carbons (Fsp3) is 0.294. The Morgan fingerprint density at radius 2 is 2.08 bits per heavy atom. The Kier molecular flexibility index (Phi) is 4.41. The molecule has 2 atom stereocenters. The van der Waals surface area contributed by atoms with Gasteiger partial charge in [0.05, 0.1) is 6.04 Å². The van der Waals surface area contributed by atoms with Gasteiger partial charge in [-0.2, -0.15) is 0 Å². The molecule has 0 radical (unpaired) electrons. The first-order valence-electron chi connectivity index (χ1n) is 7.69. The van der Waals surface area contributed by atoms with Crippen LogP contribution in [0.1, 0.15) is 28.4 Å². The van der Waals surface area contributed by atoms with Gasteiger partial charge in [0.2, 0.25) is 5.91 Å². The molecule has 24 heavy (non-hydrogen) atoms. The summed E-state index contributed by atoms with van der Waals surface area (Å²) in [6.07, 6.45) is 5.20. The first-order chi connectivity index (χ1) is 11.6. The smallest absolute Gasteiger partial charge is 0.260 e. The predicted octanol–water partition coefficient (Wildman–Crippen LogP) is 0.719. The van der Waals surface area contributed by atoms with Gasteiger partial charge in [-0.1, -0.05) is 0 Å². The van der Waals surface area contributed by atoms with E-state index in [1.165, 1.54) is 12.3 Å². The molecule has 7 nitrogen and oxygen atoms in total. The maximum Gasteiger partial charge on any atom is 0.260 e. The third-order valence-corrected chi connectivity index (χ3v) is 4.33. The van der Waals surface area contributed by atoms with E-state index in [0.29, 0.717) is 13.0 Å². The Bertz CT molecular complexity index is 803. The third-order valence-electron chi connectivity index (χ3n) is 4.33. The van der Waals surface area contributed by atoms with Crippen LogP contribution in [0.4, 0.5) is 0 Å². The van der Waals surface area contributed by atoms with E-state index in [9.17, 15) is 14.4 Å². The minimum atomic E-state index is -0.438. The average Bonchev–Trinajstić information content (AvgIpc) is 2.88. The fourth-order valence-corrected chi connectivity index (χ4v) is 3.11. The summed E-state index contributed by atoms with van der Waals surface area (Å²) in [5.74, 6) is -0.461. The van der Waals surface area contributed by atoms with Crippen LogP contribution in [0.2, 0.25) is 0 Å². The molecule has 1 aliphatic rings. The number of aromatic nitrogens is 2. The summed E-state index contributed by atoms with van der Waals surface area (Å²) in [7, 11) is 1.76. The molecular formula is C17H18N4O3. The molecule has 2 aromatic heterocycles. The zero-order chi connectivity index (χ0) is 17.1. The SMILES string of the molecule is CN1C(=O)C[C@@H](CNC(=O)c2ccc[nH]c2=O)[C@@H]1c1ccncc1. The van der Waals surface area contributed by atoms with Crippen molar-refractivity contribution in [1.82, 2.24) is 20.2 Å². The highest BCUT2D eigenvalue weighted by atomic mass is 16.2. The quantitative estimate of drug-likeness (QED) is 0.865. The van der Waals surface area contributed by atoms with Gasteiger partial charge in [0, 0.05) is 44.5 Å². The molecule has 0 aliphatic carbocycles. The number of H-pyrrole nitrogens is 1. The van der Waals surface area contributed by atoms with Gasteiger partial charge < -0.3 is 15.2 Å². The molecule has 1 fully saturated rings. The summed E-state index contributed by atoms with van der Waals surface area (Å²) in [6, 6.07) is 6.70. The molecule has 1 saturated heterocycles. The Morgan fingerprint density at radius 1 is 1.33 bits per heavy atom. The Morgan fingerprint density at radius 3 is 2.79 bits per heavy atom. The van der Waals surface area contributed by atoms with Crippen molar-refractivity contribution >= 4 is 11.8 Å². The number of pyridine rings is 2. The summed E-state index contributed by atoms with van der Waals surface area (Å²) >= 11 is 0. The molecule has 7 heteroatoms. The largest absolute Gasteiger partial charge is 0.351 e. The van der Waals surface area contributed by atoms with E-state index >= 15 is 0 Å². The average molecular weight is 326 g/mol. The van der Waals surface area contributed by atoms with Gasteiger partial charge in [-0.05, 0) is 29.8 Å². The molecule has 0 spiro atoms. The van der Waals surface area contributed by atoms with E-state index in [0.717, 1.165) is 5.56 Å². The van der Waals surface area contributed by atoms with Crippen molar-refractivity contribution in [3.63, 3.8) is 0 Å². The summed E-state index contributed by atoms with van der Waals surface area (Å²) < 4.78 is 0. The van der Waals surface area contributed by atoms with Crippen LogP contribution in [0.25, 0.3) is 0 Å². The van der Waals surface area contributed by atoms with Crippen molar-refractivity contribution in [2.75, 3.05) is 13.6 Å². The lowest BCUT2D eigenvalue weighted by molar-refractivity contribution is -0.127. The molecule has 124 valence electrons. The minimum Gasteiger partial charge on any atom is -0.351 e. The van der Waals surface area contributed by atoms with Crippen LogP contribution in [-0.4, -0.2) is 40.3 Å². The topological polar surface area (TPSA) is 95.2 Å². The van der Waals surface area contributed by atoms with Crippen LogP contribution < -0.4 is 10.9 Å². The number of nitrogens with one attached hydrogen (secondary N) is 2. The first-order valence-corrected chi connectivity index (χ1v) is 7.69. The van der Waals surface area contributed by atoms with Crippen molar-refractivity contribution in [2.45, 2.75) is 12.5 Å². The lowest BCUT2D eigenvalue weighted by Gasteiger charge is -2.25. The monoisotopic (exact) mass is 326 g/mol. The number of likely N-dealkylation sites (tertiary alicyclic amines) is 1. The van der Waals surface area contributed by atoms with Crippen LogP contribution in [-0.2, 0) is 4.79 Å². The minimum absolute atomic E-state index is 0.0358. The van der Waals surface area contributed by atoms with Gasteiger partial charge in [-0.3, -0.25) is 19.4 Å². The van der Waals surface area contributed by atoms with E-state index in [-0.39, 0.29) is 23.4 Å². The number of amides is 2. The number of carbonyl (C=O) groups is 2. The normalized spacial score (nSPS) is 20.2. The molecule has 3 rings (SSSR count). The van der Waals surface area contributed by atoms with E-state index in [1.807, 2.05) is 12.1 Å². The summed E-state index contributed by atoms with van der Waals surface area (Å²) in [4.78, 5) is 44.1. The fourth-order valence-electron chi connectivity index (χ4n) is 3.11. The summed E-state index contributed by atoms with van der Waals surface area (Å²) in [6.45, 7) is 0.316. The van der Waals surface area contributed by atoms with E-state index in [4.69, 9.17) is 0 Å². The van der Waals surface area contributed by atoms with Crippen molar-refractivity contribution in [3.8, 4) is 0 Å². The second-order valence-electron chi connectivity index (χ2n) is 5.82. The highest BCUT2D eigenvalue weighted by Gasteiger charge is 2.38. The van der Waals surface area contributed by atoms with Crippen LogP contribution in [0, 0.1) is 5.92 Å². The molecule has 1 aliphatic heterocycles. The van der Waals surface area contributed by atoms with Gasteiger partial charge >= 0.3 is 0 Å². The van der Waals surface area contributed by atoms with Gasteiger partial charge in [-0.15, -0.1) is 0 Å². The predicted molar refractivity (Wildman–Crippen MR) is 87.3 cm³/mol. The number of aromatic amines is 1. The molecule has 2 N–H and O–H groups in total. The molecule has 2 aromatic rings. The summed E-state index contributed by atoms with van der Waals surface area (Å²) in [5, 5.41) is 2.77. The van der Waals surface area contributed by atoms with Crippen molar-refractivity contribution in [2.24, 2.45) is 5.92 Å². The Labute approximate surface area is 138 Å². The zero-order valence-corrected chi connectivity index (χ0v) is 13.2. The number of nitrogens with zero attached hydrogens (tertiary/aromatic N) is 2. The van der Waals surface area contributed by atoms with Gasteiger partial charge in [0.15, 0.2) is 0 Å². The number of hydrogen-bond acceptors (Lipinski definition) is 4. The van der Waals surface area contributed by atoms with E-state index in [1.54, 1.807) is 30.4 Å². The second-order valence-corrected chi connectivity index (χ2v) is 5.82. The highest BCUT2D eigenvalue weighted by molar-refractivity contribution is 5.93. The van der Waals surface area contributed by atoms with Crippen molar-refractivity contribution in [1.29, 1.82) is 0 Å². The zero-order valence-electron chi connectivity index (χ0n) is 13.2. The maximum absolute atomic E-state index is 12.2. The molecule has 2 amide bonds. The van der Waals surface area contributed by atoms with Gasteiger partial charge in [0.1, 0.15) is 5.56 Å². The number of rotatable bonds is 4. The molecule has 0 saturated carbocycles. The van der Waals surface area contributed by atoms with Gasteiger partial charge in [-0.25, -0.2) is 0 Å². The van der Waals surface area contributed by atoms with Crippen LogP contribution >= 0.6 is 0 Å². The standard InChI is InChI=1S/C17H18N4O3/c1-21-14(22)9-12(15(21)11-4-7-18-8-5-11)10-20-17(24)13-3-2-6-19-16(13)23/h2-8,12,15H,9-10H2,1H3,(H,19,23)(H,20,24)/t12-,15-/m0/s1. The van der Waals surface area contributed by atoms with E-state index < -0.39 is 11.5 Å². The van der Waals surface area contributed by atoms with E-state index in [2.05, 4.69) is 15.3 Å². The van der Waals surface area contributed by atoms with Crippen LogP contribution in [0.5, 0.6) is 0 Å². The second kappa shape index (κ2) is 6.66. The van der Waals surface area contributed by atoms with Crippen molar-refractivity contribution < 1.29 is 9.59 Å². The summed E-state index contributed by atoms with van der Waals surface area (Å²) in [5.41, 5.74) is 0.617. The Balaban J connectivity index is 1.74. The van der Waals surface area contributed by atoms with Crippen molar-refractivity contribution in [3.05, 3.63) is 64.3 Å². The van der Waals surface area contributed by atoms with Gasteiger partial charge in [0.25, 0.3) is 11.5 Å². The molecule has 0 unspecified atom stereocenters. The molecular weight excluding hydrogens is 308 g/mol. The van der Waals surface area contributed by atoms with Crippen LogP contribution in [0.3, 0.4) is 0 Å². The third kappa shape index (κ3) is 3.05. The lowest BCUT2D eigenvalue weighted by Crippen LogP contribution is -2.35. The number of carbonyl (C=O) groups excluding carboxylic acids is 2. The molecule has 0 aromatic carbocycles. The first kappa shape index (κ1) is 15.9. The maximum atomic E-state index is 12.2. The molecule has 0 bridgehead atoms. The number of hydrogen-bond donors (Lipinski definition) is 2. The highest BCUT2D eigenvalue weighted by Crippen LogP contribution is 2.36. The van der Waals surface area contributed by atoms with Crippen LogP contribution in [0.15, 0.2) is 47.7 Å². The lowest BCUT2D eigenvalue weighted by atomic mass is 9.94.